The van der Waals surface area contributed by atoms with Crippen molar-refractivity contribution < 1.29 is 24.2 Å². The molecule has 11 nitrogen and oxygen atoms in total. The van der Waals surface area contributed by atoms with E-state index in [1.54, 1.807) is 16.8 Å². The van der Waals surface area contributed by atoms with Gasteiger partial charge in [0.25, 0.3) is 0 Å². The highest BCUT2D eigenvalue weighted by molar-refractivity contribution is 6.02. The first-order chi connectivity index (χ1) is 21.9. The molecule has 4 heterocycles. The average Bonchev–Trinajstić information content (AvgIpc) is 3.80. The molecule has 6 atom stereocenters. The van der Waals surface area contributed by atoms with Crippen LogP contribution in [0.4, 0.5) is 5.69 Å². The number of carbonyl (C=O) groups excluding carboxylic acids is 3. The van der Waals surface area contributed by atoms with Crippen LogP contribution in [-0.4, -0.2) is 72.6 Å². The lowest BCUT2D eigenvalue weighted by Crippen LogP contribution is -2.58. The molecule has 3 amide bonds. The lowest BCUT2D eigenvalue weighted by atomic mass is 9.65. The van der Waals surface area contributed by atoms with Crippen LogP contribution in [0.2, 0.25) is 0 Å². The molecular weight excluding hydrogens is 572 g/mol. The van der Waals surface area contributed by atoms with Crippen molar-refractivity contribution in [2.75, 3.05) is 11.9 Å². The van der Waals surface area contributed by atoms with Crippen LogP contribution in [0, 0.1) is 11.8 Å². The number of nitrogens with zero attached hydrogens (tertiary/aromatic N) is 4. The van der Waals surface area contributed by atoms with Gasteiger partial charge in [-0.1, -0.05) is 72.8 Å². The van der Waals surface area contributed by atoms with Crippen LogP contribution < -0.4 is 10.6 Å². The van der Waals surface area contributed by atoms with Crippen LogP contribution in [0.15, 0.2) is 84.9 Å². The molecule has 3 aliphatic rings. The minimum atomic E-state index is -1.23. The summed E-state index contributed by atoms with van der Waals surface area (Å²) in [4.78, 5) is 44.6. The Morgan fingerprint density at radius 2 is 1.71 bits per heavy atom. The number of likely N-dealkylation sites (tertiary alicyclic amines) is 1. The van der Waals surface area contributed by atoms with Gasteiger partial charge in [-0.2, -0.15) is 0 Å². The summed E-state index contributed by atoms with van der Waals surface area (Å²) in [5, 5.41) is 25.0. The lowest BCUT2D eigenvalue weighted by Gasteiger charge is -2.37. The quantitative estimate of drug-likeness (QED) is 0.252. The number of nitrogens with one attached hydrogen (secondary N) is 2. The molecule has 1 spiro atoms. The molecule has 1 aromatic heterocycles. The number of para-hydroxylation sites is 2. The summed E-state index contributed by atoms with van der Waals surface area (Å²) >= 11 is 0. The van der Waals surface area contributed by atoms with Gasteiger partial charge in [-0.05, 0) is 55.5 Å². The Balaban J connectivity index is 1.26. The fourth-order valence-corrected chi connectivity index (χ4v) is 7.91. The summed E-state index contributed by atoms with van der Waals surface area (Å²) < 4.78 is 8.47. The standard InChI is InChI=1S/C34H36N6O5/c1-2-33-17-18-34(45-33)28(27(33)30(42)36-23-13-7-4-8-14-23)32(44)40(24(20-41)19-22-11-5-3-6-12-22)29(34)31(43)35-21-39-26-16-10-9-15-25(26)37-38-39/h3-16,24,27-29,41H,2,17-21H2,1H3,(H,35,43)(H,36,42)/t24-,27+,28+,29?,33-,34?/m1/s1. The summed E-state index contributed by atoms with van der Waals surface area (Å²) in [6, 6.07) is 24.4. The number of aromatic nitrogens is 3. The third-order valence-electron chi connectivity index (χ3n) is 9.93. The number of ether oxygens (including phenoxy) is 1. The van der Waals surface area contributed by atoms with E-state index in [1.807, 2.05) is 79.7 Å². The second kappa shape index (κ2) is 11.4. The number of carbonyl (C=O) groups is 3. The molecule has 0 radical (unpaired) electrons. The molecular formula is C34H36N6O5. The van der Waals surface area contributed by atoms with Crippen molar-refractivity contribution in [1.29, 1.82) is 0 Å². The zero-order valence-corrected chi connectivity index (χ0v) is 25.0. The number of rotatable bonds is 10. The summed E-state index contributed by atoms with van der Waals surface area (Å²) in [5.74, 6) is -2.77. The topological polar surface area (TPSA) is 139 Å². The maximum atomic E-state index is 14.7. The summed E-state index contributed by atoms with van der Waals surface area (Å²) in [6.07, 6.45) is 1.83. The maximum absolute atomic E-state index is 14.7. The van der Waals surface area contributed by atoms with Gasteiger partial charge in [0.15, 0.2) is 0 Å². The Kier molecular flexibility index (Phi) is 7.37. The van der Waals surface area contributed by atoms with Gasteiger partial charge < -0.3 is 25.4 Å². The summed E-state index contributed by atoms with van der Waals surface area (Å²) in [5.41, 5.74) is 0.873. The Hall–Kier alpha value is -4.61. The van der Waals surface area contributed by atoms with Crippen LogP contribution >= 0.6 is 0 Å². The molecule has 4 aromatic rings. The normalized spacial score (nSPS) is 27.5. The minimum absolute atomic E-state index is 0.0257. The van der Waals surface area contributed by atoms with E-state index in [1.165, 1.54) is 4.90 Å². The fourth-order valence-electron chi connectivity index (χ4n) is 7.91. The predicted octanol–water partition coefficient (Wildman–Crippen LogP) is 2.90. The number of fused-ring (bicyclic) bond motifs is 2. The van der Waals surface area contributed by atoms with E-state index in [0.29, 0.717) is 36.9 Å². The largest absolute Gasteiger partial charge is 0.394 e. The Labute approximate surface area is 260 Å². The second-order valence-corrected chi connectivity index (χ2v) is 12.2. The molecule has 3 fully saturated rings. The third-order valence-corrected chi connectivity index (χ3v) is 9.93. The third kappa shape index (κ3) is 4.69. The van der Waals surface area contributed by atoms with Crippen LogP contribution in [-0.2, 0) is 32.2 Å². The Morgan fingerprint density at radius 3 is 2.44 bits per heavy atom. The van der Waals surface area contributed by atoms with Gasteiger partial charge in [-0.25, -0.2) is 4.68 Å². The van der Waals surface area contributed by atoms with Crippen LogP contribution in [0.3, 0.4) is 0 Å². The number of aliphatic hydroxyl groups excluding tert-OH is 1. The highest BCUT2D eigenvalue weighted by Gasteiger charge is 2.79. The Morgan fingerprint density at radius 1 is 1.00 bits per heavy atom. The number of aliphatic hydroxyl groups is 1. The summed E-state index contributed by atoms with van der Waals surface area (Å²) in [6.45, 7) is 1.63. The van der Waals surface area contributed by atoms with Gasteiger partial charge in [-0.15, -0.1) is 5.10 Å². The SMILES string of the molecule is CC[C@]12CCC3(O1)C(C(=O)NCn1nnc4ccccc41)N([C@@H](CO)Cc1ccccc1)C(=O)[C@@H]3[C@H]2C(=O)Nc1ccccc1. The van der Waals surface area contributed by atoms with Gasteiger partial charge >= 0.3 is 0 Å². The van der Waals surface area contributed by atoms with E-state index in [4.69, 9.17) is 4.74 Å². The van der Waals surface area contributed by atoms with Crippen molar-refractivity contribution in [2.45, 2.75) is 62.6 Å². The van der Waals surface area contributed by atoms with Crippen LogP contribution in [0.5, 0.6) is 0 Å². The van der Waals surface area contributed by atoms with Gasteiger partial charge in [-0.3, -0.25) is 14.4 Å². The van der Waals surface area contributed by atoms with Crippen LogP contribution in [0.25, 0.3) is 11.0 Å². The molecule has 2 unspecified atom stereocenters. The van der Waals surface area contributed by atoms with E-state index in [0.717, 1.165) is 11.1 Å². The van der Waals surface area contributed by atoms with Crippen molar-refractivity contribution in [3.8, 4) is 0 Å². The van der Waals surface area contributed by atoms with Crippen molar-refractivity contribution >= 4 is 34.4 Å². The van der Waals surface area contributed by atoms with Crippen molar-refractivity contribution in [3.05, 3.63) is 90.5 Å². The first-order valence-electron chi connectivity index (χ1n) is 15.5. The minimum Gasteiger partial charge on any atom is -0.394 e. The molecule has 3 aliphatic heterocycles. The lowest BCUT2D eigenvalue weighted by molar-refractivity contribution is -0.150. The molecule has 0 aliphatic carbocycles. The van der Waals surface area contributed by atoms with E-state index in [2.05, 4.69) is 20.9 Å². The molecule has 232 valence electrons. The molecule has 3 N–H and O–H groups in total. The number of anilines is 1. The molecule has 2 bridgehead atoms. The summed E-state index contributed by atoms with van der Waals surface area (Å²) in [7, 11) is 0. The molecule has 45 heavy (non-hydrogen) atoms. The van der Waals surface area contributed by atoms with Gasteiger partial charge in [0, 0.05) is 5.69 Å². The number of hydrogen-bond donors (Lipinski definition) is 3. The molecule has 7 rings (SSSR count). The first-order valence-corrected chi connectivity index (χ1v) is 15.5. The monoisotopic (exact) mass is 608 g/mol. The maximum Gasteiger partial charge on any atom is 0.247 e. The van der Waals surface area contributed by atoms with E-state index < -0.39 is 41.0 Å². The van der Waals surface area contributed by atoms with E-state index in [-0.39, 0.29) is 25.1 Å². The van der Waals surface area contributed by atoms with Crippen molar-refractivity contribution in [1.82, 2.24) is 25.2 Å². The zero-order valence-electron chi connectivity index (χ0n) is 25.0. The van der Waals surface area contributed by atoms with E-state index >= 15 is 0 Å². The predicted molar refractivity (Wildman–Crippen MR) is 165 cm³/mol. The highest BCUT2D eigenvalue weighted by atomic mass is 16.5. The highest BCUT2D eigenvalue weighted by Crippen LogP contribution is 2.64. The number of amides is 3. The smallest absolute Gasteiger partial charge is 0.247 e. The van der Waals surface area contributed by atoms with Gasteiger partial charge in [0.05, 0.1) is 35.6 Å². The van der Waals surface area contributed by atoms with Crippen LogP contribution in [0.1, 0.15) is 31.7 Å². The fraction of sp³-hybridized carbons (Fsp3) is 0.382. The van der Waals surface area contributed by atoms with Gasteiger partial charge in [0.1, 0.15) is 23.8 Å². The Bertz CT molecular complexity index is 1730. The average molecular weight is 609 g/mol. The molecule has 11 heteroatoms. The first kappa shape index (κ1) is 29.1. The number of benzene rings is 3. The van der Waals surface area contributed by atoms with Crippen molar-refractivity contribution in [3.63, 3.8) is 0 Å². The van der Waals surface area contributed by atoms with E-state index in [9.17, 15) is 19.5 Å². The molecule has 3 aromatic carbocycles. The molecule has 0 saturated carbocycles. The zero-order chi connectivity index (χ0) is 31.2. The number of hydrogen-bond acceptors (Lipinski definition) is 7. The van der Waals surface area contributed by atoms with Gasteiger partial charge in [0.2, 0.25) is 17.7 Å². The van der Waals surface area contributed by atoms with Crippen molar-refractivity contribution in [2.24, 2.45) is 11.8 Å². The second-order valence-electron chi connectivity index (χ2n) is 12.2. The molecule has 3 saturated heterocycles.